The number of carbonyl (C=O) groups excluding carboxylic acids is 1. The molecule has 2 bridgehead atoms. The second-order valence-electron chi connectivity index (χ2n) is 5.22. The Bertz CT molecular complexity index is 775. The van der Waals surface area contributed by atoms with Crippen LogP contribution in [0.5, 0.6) is 11.6 Å². The third-order valence-corrected chi connectivity index (χ3v) is 3.53. The molecule has 9 nitrogen and oxygen atoms in total. The number of urea groups is 1. The molecule has 2 aromatic rings. The zero-order valence-corrected chi connectivity index (χ0v) is 13.6. The zero-order valence-electron chi connectivity index (χ0n) is 12.8. The first-order valence-corrected chi connectivity index (χ1v) is 7.70. The van der Waals surface area contributed by atoms with E-state index in [1.54, 1.807) is 12.1 Å². The number of rotatable bonds is 0. The minimum absolute atomic E-state index is 0.0884. The highest BCUT2D eigenvalue weighted by Gasteiger charge is 2.20. The van der Waals surface area contributed by atoms with E-state index in [2.05, 4.69) is 20.6 Å². The number of nitrogens with zero attached hydrogens (tertiary/aromatic N) is 2. The lowest BCUT2D eigenvalue weighted by Gasteiger charge is -2.20. The average Bonchev–Trinajstić information content (AvgIpc) is 2.58. The largest absolute Gasteiger partial charge is 0.489 e. The van der Waals surface area contributed by atoms with Gasteiger partial charge in [0.25, 0.3) is 0 Å². The van der Waals surface area contributed by atoms with Crippen molar-refractivity contribution >= 4 is 29.1 Å². The van der Waals surface area contributed by atoms with E-state index in [1.807, 2.05) is 0 Å². The number of nitrogens with one attached hydrogen (secondary N) is 2. The summed E-state index contributed by atoms with van der Waals surface area (Å²) in [5, 5.41) is 25.4. The molecule has 0 fully saturated rings. The number of halogens is 1. The van der Waals surface area contributed by atoms with Gasteiger partial charge in [-0.15, -0.1) is 0 Å². The number of carbonyl (C=O) groups is 1. The van der Waals surface area contributed by atoms with Crippen LogP contribution in [0.15, 0.2) is 30.6 Å². The third-order valence-electron chi connectivity index (χ3n) is 3.30. The topological polar surface area (TPSA) is 126 Å². The lowest BCUT2D eigenvalue weighted by molar-refractivity contribution is -0.0294. The SMILES string of the molecule is O=C1Nc2cncc(n2)OCC(O)C(O)COc2ccc(Cl)cc2N1. The molecule has 25 heavy (non-hydrogen) atoms. The van der Waals surface area contributed by atoms with Crippen molar-refractivity contribution in [2.75, 3.05) is 23.8 Å². The van der Waals surface area contributed by atoms with Crippen LogP contribution in [-0.4, -0.2) is 51.6 Å². The maximum absolute atomic E-state index is 12.1. The van der Waals surface area contributed by atoms with E-state index in [0.29, 0.717) is 10.7 Å². The van der Waals surface area contributed by atoms with Gasteiger partial charge in [0, 0.05) is 5.02 Å². The van der Waals surface area contributed by atoms with Crippen molar-refractivity contribution in [3.63, 3.8) is 0 Å². The molecule has 2 atom stereocenters. The molecule has 1 aliphatic heterocycles. The summed E-state index contributed by atoms with van der Waals surface area (Å²) in [7, 11) is 0. The molecule has 1 aromatic heterocycles. The van der Waals surface area contributed by atoms with Crippen LogP contribution in [-0.2, 0) is 0 Å². The van der Waals surface area contributed by atoms with Crippen molar-refractivity contribution in [3.8, 4) is 11.6 Å². The smallest absolute Gasteiger partial charge is 0.325 e. The van der Waals surface area contributed by atoms with Crippen LogP contribution in [0, 0.1) is 0 Å². The maximum atomic E-state index is 12.1. The van der Waals surface area contributed by atoms with Crippen molar-refractivity contribution in [3.05, 3.63) is 35.6 Å². The first kappa shape index (κ1) is 17.2. The first-order valence-electron chi connectivity index (χ1n) is 7.32. The Morgan fingerprint density at radius 2 is 1.88 bits per heavy atom. The predicted octanol–water partition coefficient (Wildman–Crippen LogP) is 1.27. The summed E-state index contributed by atoms with van der Waals surface area (Å²) in [5.41, 5.74) is 0.295. The summed E-state index contributed by atoms with van der Waals surface area (Å²) in [5.74, 6) is 0.515. The van der Waals surface area contributed by atoms with E-state index in [4.69, 9.17) is 21.1 Å². The number of hydrogen-bond acceptors (Lipinski definition) is 7. The molecule has 1 aromatic carbocycles. The number of anilines is 2. The molecule has 1 aliphatic rings. The van der Waals surface area contributed by atoms with E-state index in [0.717, 1.165) is 0 Å². The molecule has 2 unspecified atom stereocenters. The lowest BCUT2D eigenvalue weighted by Crippen LogP contribution is -2.36. The van der Waals surface area contributed by atoms with Crippen LogP contribution in [0.4, 0.5) is 16.3 Å². The first-order chi connectivity index (χ1) is 12.0. The van der Waals surface area contributed by atoms with Gasteiger partial charge in [-0.2, -0.15) is 4.98 Å². The average molecular weight is 367 g/mol. The summed E-state index contributed by atoms with van der Waals surface area (Å²) in [4.78, 5) is 20.1. The predicted molar refractivity (Wildman–Crippen MR) is 89.1 cm³/mol. The van der Waals surface area contributed by atoms with E-state index in [9.17, 15) is 15.0 Å². The summed E-state index contributed by atoms with van der Waals surface area (Å²) < 4.78 is 10.7. The highest BCUT2D eigenvalue weighted by atomic mass is 35.5. The van der Waals surface area contributed by atoms with Crippen LogP contribution >= 0.6 is 11.6 Å². The molecule has 132 valence electrons. The molecule has 0 radical (unpaired) electrons. The number of hydrogen-bond donors (Lipinski definition) is 4. The number of aliphatic hydroxyl groups is 2. The van der Waals surface area contributed by atoms with Gasteiger partial charge in [0.2, 0.25) is 5.88 Å². The highest BCUT2D eigenvalue weighted by molar-refractivity contribution is 6.31. The van der Waals surface area contributed by atoms with E-state index < -0.39 is 18.2 Å². The van der Waals surface area contributed by atoms with Crippen molar-refractivity contribution < 1.29 is 24.5 Å². The quantitative estimate of drug-likeness (QED) is 0.553. The second-order valence-corrected chi connectivity index (χ2v) is 5.66. The normalized spacial score (nSPS) is 20.8. The number of benzene rings is 1. The fraction of sp³-hybridized carbons (Fsp3) is 0.267. The van der Waals surface area contributed by atoms with Gasteiger partial charge in [0.05, 0.1) is 18.1 Å². The van der Waals surface area contributed by atoms with Gasteiger partial charge < -0.3 is 25.0 Å². The molecular formula is C15H15ClN4O5. The van der Waals surface area contributed by atoms with Gasteiger partial charge in [-0.25, -0.2) is 4.79 Å². The molecule has 4 N–H and O–H groups in total. The molecule has 3 rings (SSSR count). The van der Waals surface area contributed by atoms with Crippen molar-refractivity contribution in [1.82, 2.24) is 9.97 Å². The fourth-order valence-corrected chi connectivity index (χ4v) is 2.21. The standard InChI is InChI=1S/C15H15ClN4O5/c16-8-1-2-12-9(3-8)18-15(23)20-13-4-17-5-14(19-13)25-7-11(22)10(21)6-24-12/h1-5,10-11,21-22H,6-7H2,(H2,18,19,20,23). The van der Waals surface area contributed by atoms with Crippen molar-refractivity contribution in [2.45, 2.75) is 12.2 Å². The number of amides is 2. The maximum Gasteiger partial charge on any atom is 0.325 e. The van der Waals surface area contributed by atoms with Crippen LogP contribution < -0.4 is 20.1 Å². The fourth-order valence-electron chi connectivity index (χ4n) is 2.04. The third kappa shape index (κ3) is 4.47. The van der Waals surface area contributed by atoms with Gasteiger partial charge in [0.1, 0.15) is 31.2 Å². The number of ether oxygens (including phenoxy) is 2. The molecule has 0 saturated carbocycles. The highest BCUT2D eigenvalue weighted by Crippen LogP contribution is 2.28. The van der Waals surface area contributed by atoms with Crippen molar-refractivity contribution in [1.29, 1.82) is 0 Å². The van der Waals surface area contributed by atoms with Crippen LogP contribution in [0.3, 0.4) is 0 Å². The Morgan fingerprint density at radius 3 is 2.68 bits per heavy atom. The number of aliphatic hydroxyl groups excluding tert-OH is 2. The van der Waals surface area contributed by atoms with Gasteiger partial charge in [-0.05, 0) is 18.2 Å². The van der Waals surface area contributed by atoms with Gasteiger partial charge in [-0.3, -0.25) is 10.3 Å². The van der Waals surface area contributed by atoms with E-state index >= 15 is 0 Å². The number of fused-ring (bicyclic) bond motifs is 3. The monoisotopic (exact) mass is 366 g/mol. The lowest BCUT2D eigenvalue weighted by atomic mass is 10.2. The molecule has 0 spiro atoms. The second kappa shape index (κ2) is 7.51. The molecule has 10 heteroatoms. The minimum Gasteiger partial charge on any atom is -0.489 e. The summed E-state index contributed by atoms with van der Waals surface area (Å²) >= 11 is 5.95. The van der Waals surface area contributed by atoms with Crippen LogP contribution in [0.1, 0.15) is 0 Å². The Balaban J connectivity index is 1.91. The Morgan fingerprint density at radius 1 is 1.12 bits per heavy atom. The number of aromatic nitrogens is 2. The Kier molecular flexibility index (Phi) is 5.17. The summed E-state index contributed by atoms with van der Waals surface area (Å²) in [6.45, 7) is -0.434. The molecule has 2 heterocycles. The molecule has 0 aliphatic carbocycles. The Hall–Kier alpha value is -2.62. The molecule has 2 amide bonds. The van der Waals surface area contributed by atoms with Gasteiger partial charge in [-0.1, -0.05) is 11.6 Å². The van der Waals surface area contributed by atoms with Gasteiger partial charge in [0.15, 0.2) is 5.82 Å². The summed E-state index contributed by atoms with van der Waals surface area (Å²) in [6, 6.07) is 4.02. The van der Waals surface area contributed by atoms with Crippen molar-refractivity contribution in [2.24, 2.45) is 0 Å². The molecular weight excluding hydrogens is 352 g/mol. The Labute approximate surface area is 147 Å². The zero-order chi connectivity index (χ0) is 17.8. The van der Waals surface area contributed by atoms with Crippen LogP contribution in [0.25, 0.3) is 0 Å². The summed E-state index contributed by atoms with van der Waals surface area (Å²) in [6.07, 6.45) is 0.238. The van der Waals surface area contributed by atoms with Crippen LogP contribution in [0.2, 0.25) is 5.02 Å². The molecule has 0 saturated heterocycles. The van der Waals surface area contributed by atoms with E-state index in [-0.39, 0.29) is 30.7 Å². The van der Waals surface area contributed by atoms with E-state index in [1.165, 1.54) is 18.5 Å². The van der Waals surface area contributed by atoms with Gasteiger partial charge >= 0.3 is 6.03 Å². The minimum atomic E-state index is -1.21.